The average Bonchev–Trinajstić information content (AvgIpc) is 2.42. The molecule has 1 atom stereocenters. The predicted octanol–water partition coefficient (Wildman–Crippen LogP) is 1.57. The Bertz CT molecular complexity index is 250. The molecule has 1 rings (SSSR count). The van der Waals surface area contributed by atoms with Crippen molar-refractivity contribution in [2.45, 2.75) is 38.6 Å². The van der Waals surface area contributed by atoms with Gasteiger partial charge in [-0.25, -0.2) is 0 Å². The van der Waals surface area contributed by atoms with Crippen molar-refractivity contribution in [3.63, 3.8) is 0 Å². The average molecular weight is 254 g/mol. The van der Waals surface area contributed by atoms with Crippen LogP contribution in [0.3, 0.4) is 0 Å². The fourth-order valence-electron chi connectivity index (χ4n) is 2.09. The molecule has 1 heterocycles. The molecule has 0 aromatic rings. The zero-order chi connectivity index (χ0) is 13.2. The second-order valence-corrected chi connectivity index (χ2v) is 4.75. The number of hydrogen-bond donors (Lipinski definition) is 1. The fourth-order valence-corrected chi connectivity index (χ4v) is 2.09. The molecule has 1 fully saturated rings. The Hall–Kier alpha value is -0.870. The van der Waals surface area contributed by atoms with E-state index in [4.69, 9.17) is 4.74 Å². The Balaban J connectivity index is 2.09. The minimum Gasteiger partial charge on any atom is -0.380 e. The number of hydrogen-bond acceptors (Lipinski definition) is 3. The molecule has 0 aromatic carbocycles. The van der Waals surface area contributed by atoms with Gasteiger partial charge in [0.1, 0.15) is 0 Å². The van der Waals surface area contributed by atoms with Crippen molar-refractivity contribution in [2.75, 3.05) is 32.8 Å². The lowest BCUT2D eigenvalue weighted by molar-refractivity contribution is -0.133. The monoisotopic (exact) mass is 254 g/mol. The molecule has 0 spiro atoms. The summed E-state index contributed by atoms with van der Waals surface area (Å²) < 4.78 is 5.39. The summed E-state index contributed by atoms with van der Waals surface area (Å²) in [4.78, 5) is 14.0. The van der Waals surface area contributed by atoms with Gasteiger partial charge in [-0.2, -0.15) is 0 Å². The van der Waals surface area contributed by atoms with Crippen LogP contribution in [0.5, 0.6) is 0 Å². The third kappa shape index (κ3) is 5.65. The van der Waals surface area contributed by atoms with E-state index in [1.54, 1.807) is 0 Å². The maximum absolute atomic E-state index is 12.1. The number of nitrogens with zero attached hydrogens (tertiary/aromatic N) is 1. The molecule has 1 N–H and O–H groups in total. The van der Waals surface area contributed by atoms with Crippen LogP contribution in [0.15, 0.2) is 12.7 Å². The molecular formula is C14H26N2O2. The van der Waals surface area contributed by atoms with E-state index in [1.165, 1.54) is 6.42 Å². The fraction of sp³-hybridized carbons (Fsp3) is 0.786. The number of carbonyl (C=O) groups is 1. The van der Waals surface area contributed by atoms with Crippen LogP contribution in [-0.2, 0) is 9.53 Å². The molecule has 0 radical (unpaired) electrons. The van der Waals surface area contributed by atoms with Crippen LogP contribution in [0.25, 0.3) is 0 Å². The second kappa shape index (κ2) is 9.11. The van der Waals surface area contributed by atoms with Crippen molar-refractivity contribution in [1.82, 2.24) is 10.2 Å². The zero-order valence-electron chi connectivity index (χ0n) is 11.5. The van der Waals surface area contributed by atoms with Gasteiger partial charge in [0.2, 0.25) is 5.91 Å². The van der Waals surface area contributed by atoms with E-state index in [2.05, 4.69) is 11.9 Å². The molecule has 1 aliphatic heterocycles. The molecule has 18 heavy (non-hydrogen) atoms. The SMILES string of the molecule is C=CCCOCCNC(C)C(=O)N1CCCCC1. The molecule has 104 valence electrons. The largest absolute Gasteiger partial charge is 0.380 e. The van der Waals surface area contributed by atoms with Gasteiger partial charge < -0.3 is 15.0 Å². The van der Waals surface area contributed by atoms with E-state index in [9.17, 15) is 4.79 Å². The highest BCUT2D eigenvalue weighted by molar-refractivity contribution is 5.81. The van der Waals surface area contributed by atoms with Crippen LogP contribution in [0, 0.1) is 0 Å². The number of likely N-dealkylation sites (tertiary alicyclic amines) is 1. The lowest BCUT2D eigenvalue weighted by Crippen LogP contribution is -2.47. The molecule has 1 aliphatic rings. The standard InChI is InChI=1S/C14H26N2O2/c1-3-4-11-18-12-8-15-13(2)14(17)16-9-6-5-7-10-16/h3,13,15H,1,4-12H2,2H3. The van der Waals surface area contributed by atoms with Gasteiger partial charge in [-0.05, 0) is 32.6 Å². The van der Waals surface area contributed by atoms with Crippen molar-refractivity contribution in [3.8, 4) is 0 Å². The molecule has 0 aromatic heterocycles. The lowest BCUT2D eigenvalue weighted by Gasteiger charge is -2.29. The summed E-state index contributed by atoms with van der Waals surface area (Å²) in [5.74, 6) is 0.223. The first-order valence-corrected chi connectivity index (χ1v) is 6.96. The number of amides is 1. The van der Waals surface area contributed by atoms with Crippen LogP contribution >= 0.6 is 0 Å². The minimum absolute atomic E-state index is 0.105. The van der Waals surface area contributed by atoms with E-state index in [-0.39, 0.29) is 11.9 Å². The highest BCUT2D eigenvalue weighted by Crippen LogP contribution is 2.09. The molecule has 1 saturated heterocycles. The Morgan fingerprint density at radius 1 is 1.39 bits per heavy atom. The topological polar surface area (TPSA) is 41.6 Å². The minimum atomic E-state index is -0.105. The normalized spacial score (nSPS) is 17.5. The van der Waals surface area contributed by atoms with E-state index in [0.29, 0.717) is 13.2 Å². The molecule has 1 unspecified atom stereocenters. The number of carbonyl (C=O) groups excluding carboxylic acids is 1. The summed E-state index contributed by atoms with van der Waals surface area (Å²) in [5.41, 5.74) is 0. The highest BCUT2D eigenvalue weighted by atomic mass is 16.5. The quantitative estimate of drug-likeness (QED) is 0.528. The van der Waals surface area contributed by atoms with E-state index >= 15 is 0 Å². The zero-order valence-corrected chi connectivity index (χ0v) is 11.5. The first kappa shape index (κ1) is 15.2. The van der Waals surface area contributed by atoms with Crippen LogP contribution in [-0.4, -0.2) is 49.7 Å². The summed E-state index contributed by atoms with van der Waals surface area (Å²) in [5, 5.41) is 3.21. The third-order valence-corrected chi connectivity index (χ3v) is 3.20. The molecule has 0 saturated carbocycles. The Kier molecular flexibility index (Phi) is 7.69. The predicted molar refractivity (Wildman–Crippen MR) is 73.5 cm³/mol. The summed E-state index contributed by atoms with van der Waals surface area (Å²) in [6.07, 6.45) is 6.26. The van der Waals surface area contributed by atoms with Crippen molar-refractivity contribution in [2.24, 2.45) is 0 Å². The van der Waals surface area contributed by atoms with E-state index in [0.717, 1.165) is 38.9 Å². The first-order valence-electron chi connectivity index (χ1n) is 6.96. The van der Waals surface area contributed by atoms with Gasteiger partial charge >= 0.3 is 0 Å². The van der Waals surface area contributed by atoms with Crippen molar-refractivity contribution >= 4 is 5.91 Å². The Morgan fingerprint density at radius 3 is 2.78 bits per heavy atom. The van der Waals surface area contributed by atoms with E-state index < -0.39 is 0 Å². The highest BCUT2D eigenvalue weighted by Gasteiger charge is 2.21. The molecule has 4 nitrogen and oxygen atoms in total. The molecular weight excluding hydrogens is 228 g/mol. The van der Waals surface area contributed by atoms with Crippen molar-refractivity contribution in [3.05, 3.63) is 12.7 Å². The van der Waals surface area contributed by atoms with Crippen LogP contribution in [0.2, 0.25) is 0 Å². The van der Waals surface area contributed by atoms with Crippen molar-refractivity contribution in [1.29, 1.82) is 0 Å². The second-order valence-electron chi connectivity index (χ2n) is 4.75. The summed E-state index contributed by atoms with van der Waals surface area (Å²) in [6, 6.07) is -0.105. The molecule has 4 heteroatoms. The van der Waals surface area contributed by atoms with Gasteiger partial charge in [-0.15, -0.1) is 6.58 Å². The van der Waals surface area contributed by atoms with Crippen LogP contribution in [0.1, 0.15) is 32.6 Å². The summed E-state index contributed by atoms with van der Waals surface area (Å²) in [7, 11) is 0. The van der Waals surface area contributed by atoms with Gasteiger partial charge in [0.05, 0.1) is 19.3 Å². The third-order valence-electron chi connectivity index (χ3n) is 3.20. The van der Waals surface area contributed by atoms with Gasteiger partial charge in [-0.1, -0.05) is 6.08 Å². The maximum atomic E-state index is 12.1. The molecule has 0 aliphatic carbocycles. The van der Waals surface area contributed by atoms with Gasteiger partial charge in [0.25, 0.3) is 0 Å². The smallest absolute Gasteiger partial charge is 0.239 e. The Morgan fingerprint density at radius 2 is 2.11 bits per heavy atom. The summed E-state index contributed by atoms with van der Waals surface area (Å²) >= 11 is 0. The molecule has 0 bridgehead atoms. The van der Waals surface area contributed by atoms with Crippen LogP contribution < -0.4 is 5.32 Å². The number of ether oxygens (including phenoxy) is 1. The summed E-state index contributed by atoms with van der Waals surface area (Å²) in [6.45, 7) is 9.47. The number of piperidine rings is 1. The number of rotatable bonds is 8. The van der Waals surface area contributed by atoms with Crippen LogP contribution in [0.4, 0.5) is 0 Å². The first-order chi connectivity index (χ1) is 8.75. The van der Waals surface area contributed by atoms with Crippen molar-refractivity contribution < 1.29 is 9.53 Å². The number of nitrogens with one attached hydrogen (secondary N) is 1. The van der Waals surface area contributed by atoms with Gasteiger partial charge in [0.15, 0.2) is 0 Å². The molecule has 1 amide bonds. The lowest BCUT2D eigenvalue weighted by atomic mass is 10.1. The van der Waals surface area contributed by atoms with E-state index in [1.807, 2.05) is 17.9 Å². The maximum Gasteiger partial charge on any atom is 0.239 e. The van der Waals surface area contributed by atoms with Gasteiger partial charge in [0, 0.05) is 19.6 Å². The Labute approximate surface area is 110 Å². The van der Waals surface area contributed by atoms with Gasteiger partial charge in [-0.3, -0.25) is 4.79 Å².